The first-order chi connectivity index (χ1) is 5.90. The molecule has 0 amide bonds. The van der Waals surface area contributed by atoms with Crippen molar-refractivity contribution in [2.45, 2.75) is 17.4 Å². The third kappa shape index (κ3) is 3.59. The van der Waals surface area contributed by atoms with Gasteiger partial charge in [0.25, 0.3) is 0 Å². The summed E-state index contributed by atoms with van der Waals surface area (Å²) in [6, 6.07) is 1.74. The van der Waals surface area contributed by atoms with Gasteiger partial charge in [0.15, 0.2) is 0 Å². The van der Waals surface area contributed by atoms with Crippen LogP contribution in [-0.2, 0) is 0 Å². The van der Waals surface area contributed by atoms with Crippen LogP contribution in [0.5, 0.6) is 0 Å². The summed E-state index contributed by atoms with van der Waals surface area (Å²) >= 11 is 7.50. The van der Waals surface area contributed by atoms with Gasteiger partial charge in [-0.15, -0.1) is 11.3 Å². The second kappa shape index (κ2) is 4.31. The molecule has 1 atom stereocenters. The third-order valence-corrected chi connectivity index (χ3v) is 4.41. The van der Waals surface area contributed by atoms with Crippen molar-refractivity contribution in [2.24, 2.45) is 0 Å². The van der Waals surface area contributed by atoms with Crippen LogP contribution < -0.4 is 0 Å². The summed E-state index contributed by atoms with van der Waals surface area (Å²) in [6.45, 7) is 0. The van der Waals surface area contributed by atoms with E-state index in [4.69, 9.17) is 0 Å². The highest BCUT2D eigenvalue weighted by Gasteiger charge is 2.32. The van der Waals surface area contributed by atoms with Crippen LogP contribution in [0.4, 0.5) is 13.2 Å². The largest absolute Gasteiger partial charge is 0.390 e. The van der Waals surface area contributed by atoms with E-state index in [1.807, 2.05) is 0 Å². The smallest absolute Gasteiger partial charge is 0.171 e. The van der Waals surface area contributed by atoms with Gasteiger partial charge in [0, 0.05) is 9.35 Å². The predicted octanol–water partition coefficient (Wildman–Crippen LogP) is 4.90. The second-order valence-corrected chi connectivity index (χ2v) is 5.33. The zero-order valence-corrected chi connectivity index (χ0v) is 10.2. The number of hydrogen-bond acceptors (Lipinski definition) is 1. The van der Waals surface area contributed by atoms with Crippen molar-refractivity contribution in [1.29, 1.82) is 0 Å². The molecule has 1 unspecified atom stereocenters. The van der Waals surface area contributed by atoms with E-state index in [1.54, 1.807) is 11.4 Å². The maximum atomic E-state index is 12.0. The Morgan fingerprint density at radius 1 is 1.46 bits per heavy atom. The Morgan fingerprint density at radius 3 is 2.46 bits per heavy atom. The molecular weight excluding hydrogens is 333 g/mol. The summed E-state index contributed by atoms with van der Waals surface area (Å²) in [5.74, 6) is 0. The van der Waals surface area contributed by atoms with Gasteiger partial charge < -0.3 is 0 Å². The van der Waals surface area contributed by atoms with Gasteiger partial charge in [-0.1, -0.05) is 15.9 Å². The summed E-state index contributed by atoms with van der Waals surface area (Å²) in [5.41, 5.74) is 0. The van der Waals surface area contributed by atoms with E-state index in [0.29, 0.717) is 4.88 Å². The van der Waals surface area contributed by atoms with Gasteiger partial charge in [-0.25, -0.2) is 0 Å². The zero-order chi connectivity index (χ0) is 10.1. The molecule has 0 aliphatic rings. The van der Waals surface area contributed by atoms with Crippen LogP contribution in [0.2, 0.25) is 0 Å². The monoisotopic (exact) mass is 336 g/mol. The van der Waals surface area contributed by atoms with E-state index in [0.717, 1.165) is 4.47 Å². The van der Waals surface area contributed by atoms with Crippen molar-refractivity contribution in [3.05, 3.63) is 20.8 Å². The summed E-state index contributed by atoms with van der Waals surface area (Å²) in [7, 11) is 0. The summed E-state index contributed by atoms with van der Waals surface area (Å²) < 4.78 is 36.7. The minimum absolute atomic E-state index is 0.651. The number of halogens is 5. The lowest BCUT2D eigenvalue weighted by Crippen LogP contribution is -2.09. The highest BCUT2D eigenvalue weighted by Crippen LogP contribution is 2.40. The highest BCUT2D eigenvalue weighted by atomic mass is 79.9. The number of hydrogen-bond donors (Lipinski definition) is 0. The first-order valence-electron chi connectivity index (χ1n) is 3.34. The van der Waals surface area contributed by atoms with E-state index < -0.39 is 17.4 Å². The molecule has 1 aromatic rings. The Kier molecular flexibility index (Phi) is 3.82. The molecule has 0 aromatic carbocycles. The summed E-state index contributed by atoms with van der Waals surface area (Å²) in [5, 5.41) is 1.75. The van der Waals surface area contributed by atoms with Crippen molar-refractivity contribution in [2.75, 3.05) is 0 Å². The van der Waals surface area contributed by atoms with Gasteiger partial charge in [0.05, 0.1) is 11.2 Å². The predicted molar refractivity (Wildman–Crippen MR) is 54.4 cm³/mol. The molecule has 0 radical (unpaired) electrons. The Hall–Kier alpha value is 0.450. The van der Waals surface area contributed by atoms with Crippen molar-refractivity contribution in [3.63, 3.8) is 0 Å². The van der Waals surface area contributed by atoms with Crippen LogP contribution in [0.25, 0.3) is 0 Å². The molecule has 0 aliphatic carbocycles. The van der Waals surface area contributed by atoms with Gasteiger partial charge in [0.1, 0.15) is 0 Å². The van der Waals surface area contributed by atoms with E-state index in [1.165, 1.54) is 11.3 Å². The van der Waals surface area contributed by atoms with Crippen LogP contribution in [0.3, 0.4) is 0 Å². The first-order valence-corrected chi connectivity index (χ1v) is 5.92. The third-order valence-electron chi connectivity index (χ3n) is 1.34. The molecular formula is C7H5Br2F3S. The molecule has 74 valence electrons. The SMILES string of the molecule is FC(F)(F)CC(Br)c1sccc1Br. The Bertz CT molecular complexity index is 282. The van der Waals surface area contributed by atoms with Crippen LogP contribution in [-0.4, -0.2) is 6.18 Å². The molecule has 0 spiro atoms. The van der Waals surface area contributed by atoms with Crippen LogP contribution >= 0.6 is 43.2 Å². The van der Waals surface area contributed by atoms with E-state index in [-0.39, 0.29) is 0 Å². The van der Waals surface area contributed by atoms with Crippen molar-refractivity contribution in [1.82, 2.24) is 0 Å². The zero-order valence-electron chi connectivity index (χ0n) is 6.24. The molecule has 1 aromatic heterocycles. The minimum atomic E-state index is -4.13. The lowest BCUT2D eigenvalue weighted by atomic mass is 10.2. The van der Waals surface area contributed by atoms with Crippen LogP contribution in [0.1, 0.15) is 16.1 Å². The molecule has 13 heavy (non-hydrogen) atoms. The molecule has 0 N–H and O–H groups in total. The first kappa shape index (κ1) is 11.5. The fraction of sp³-hybridized carbons (Fsp3) is 0.429. The molecule has 0 fully saturated rings. The number of thiophene rings is 1. The van der Waals surface area contributed by atoms with Gasteiger partial charge in [-0.2, -0.15) is 13.2 Å². The minimum Gasteiger partial charge on any atom is -0.171 e. The van der Waals surface area contributed by atoms with Gasteiger partial charge in [0.2, 0.25) is 0 Å². The standard InChI is InChI=1S/C7H5Br2F3S/c8-4-1-2-13-6(4)5(9)3-7(10,11)12/h1-2,5H,3H2. The van der Waals surface area contributed by atoms with E-state index >= 15 is 0 Å². The molecule has 0 saturated heterocycles. The second-order valence-electron chi connectivity index (χ2n) is 2.42. The van der Waals surface area contributed by atoms with E-state index in [2.05, 4.69) is 31.9 Å². The number of alkyl halides is 4. The maximum absolute atomic E-state index is 12.0. The van der Waals surface area contributed by atoms with Crippen LogP contribution in [0.15, 0.2) is 15.9 Å². The normalized spacial score (nSPS) is 14.5. The maximum Gasteiger partial charge on any atom is 0.390 e. The Balaban J connectivity index is 2.69. The molecule has 0 bridgehead atoms. The lowest BCUT2D eigenvalue weighted by molar-refractivity contribution is -0.134. The average molecular weight is 338 g/mol. The van der Waals surface area contributed by atoms with Gasteiger partial charge >= 0.3 is 6.18 Å². The molecule has 0 nitrogen and oxygen atoms in total. The molecule has 0 aliphatic heterocycles. The highest BCUT2D eigenvalue weighted by molar-refractivity contribution is 9.11. The summed E-state index contributed by atoms with van der Waals surface area (Å²) in [4.78, 5) is 0.0270. The topological polar surface area (TPSA) is 0 Å². The number of rotatable bonds is 2. The van der Waals surface area contributed by atoms with Gasteiger partial charge in [-0.05, 0) is 27.4 Å². The quantitative estimate of drug-likeness (QED) is 0.673. The Morgan fingerprint density at radius 2 is 2.08 bits per heavy atom. The molecule has 1 rings (SSSR count). The van der Waals surface area contributed by atoms with Crippen molar-refractivity contribution >= 4 is 43.2 Å². The fourth-order valence-electron chi connectivity index (χ4n) is 0.825. The molecule has 1 heterocycles. The van der Waals surface area contributed by atoms with E-state index in [9.17, 15) is 13.2 Å². The lowest BCUT2D eigenvalue weighted by Gasteiger charge is -2.11. The molecule has 0 saturated carbocycles. The van der Waals surface area contributed by atoms with Crippen molar-refractivity contribution < 1.29 is 13.2 Å². The molecule has 6 heteroatoms. The Labute approximate surface area is 94.4 Å². The average Bonchev–Trinajstić information content (AvgIpc) is 2.30. The van der Waals surface area contributed by atoms with Crippen molar-refractivity contribution in [3.8, 4) is 0 Å². The fourth-order valence-corrected chi connectivity index (χ4v) is 3.70. The summed E-state index contributed by atoms with van der Waals surface area (Å²) in [6.07, 6.45) is -4.97. The van der Waals surface area contributed by atoms with Crippen LogP contribution in [0, 0.1) is 0 Å². The van der Waals surface area contributed by atoms with Gasteiger partial charge in [-0.3, -0.25) is 0 Å².